The summed E-state index contributed by atoms with van der Waals surface area (Å²) in [4.78, 5) is 14.7. The van der Waals surface area contributed by atoms with Crippen molar-refractivity contribution < 1.29 is 26.4 Å². The van der Waals surface area contributed by atoms with Crippen LogP contribution in [0.2, 0.25) is 5.02 Å². The molecule has 190 valence electrons. The van der Waals surface area contributed by atoms with Gasteiger partial charge in [-0.05, 0) is 65.6 Å². The Morgan fingerprint density at radius 2 is 1.75 bits per heavy atom. The molecule has 10 heteroatoms. The van der Waals surface area contributed by atoms with Gasteiger partial charge in [-0.15, -0.1) is 0 Å². The van der Waals surface area contributed by atoms with Gasteiger partial charge < -0.3 is 10.2 Å². The van der Waals surface area contributed by atoms with Crippen molar-refractivity contribution in [1.82, 2.24) is 0 Å². The largest absolute Gasteiger partial charge is 0.416 e. The van der Waals surface area contributed by atoms with Crippen molar-refractivity contribution in [2.24, 2.45) is 0 Å². The van der Waals surface area contributed by atoms with Crippen LogP contribution >= 0.6 is 11.6 Å². The average molecular weight is 537 g/mol. The third kappa shape index (κ3) is 5.84. The molecule has 1 aliphatic rings. The second-order valence-corrected chi connectivity index (χ2v) is 11.3. The van der Waals surface area contributed by atoms with Crippen LogP contribution in [0.4, 0.5) is 24.5 Å². The van der Waals surface area contributed by atoms with Crippen LogP contribution in [-0.4, -0.2) is 26.6 Å². The molecule has 1 heterocycles. The zero-order chi connectivity index (χ0) is 26.1. The predicted molar refractivity (Wildman–Crippen MR) is 134 cm³/mol. The van der Waals surface area contributed by atoms with Gasteiger partial charge in [-0.25, -0.2) is 8.42 Å². The van der Waals surface area contributed by atoms with Gasteiger partial charge in [0.15, 0.2) is 9.84 Å². The first-order valence-corrected chi connectivity index (χ1v) is 13.3. The van der Waals surface area contributed by atoms with Gasteiger partial charge >= 0.3 is 6.18 Å². The molecule has 0 saturated heterocycles. The van der Waals surface area contributed by atoms with E-state index in [-0.39, 0.29) is 23.0 Å². The summed E-state index contributed by atoms with van der Waals surface area (Å²) in [6.07, 6.45) is -3.84. The van der Waals surface area contributed by atoms with Gasteiger partial charge in [0.25, 0.3) is 0 Å². The summed E-state index contributed by atoms with van der Waals surface area (Å²) in [7, 11) is -3.30. The number of carbonyl (C=O) groups is 1. The van der Waals surface area contributed by atoms with E-state index in [9.17, 15) is 26.4 Å². The molecule has 0 unspecified atom stereocenters. The van der Waals surface area contributed by atoms with E-state index in [4.69, 9.17) is 11.6 Å². The van der Waals surface area contributed by atoms with Crippen LogP contribution in [0.15, 0.2) is 65.6 Å². The normalized spacial score (nSPS) is 13.9. The van der Waals surface area contributed by atoms with Crippen molar-refractivity contribution in [1.29, 1.82) is 0 Å². The second kappa shape index (κ2) is 10.1. The number of rotatable bonds is 6. The minimum Gasteiger partial charge on any atom is -0.366 e. The molecule has 0 aromatic heterocycles. The van der Waals surface area contributed by atoms with Crippen LogP contribution in [0, 0.1) is 0 Å². The van der Waals surface area contributed by atoms with Crippen LogP contribution in [0.5, 0.6) is 0 Å². The van der Waals surface area contributed by atoms with E-state index in [0.717, 1.165) is 17.3 Å². The van der Waals surface area contributed by atoms with E-state index < -0.39 is 21.6 Å². The number of benzene rings is 3. The number of amides is 1. The molecule has 0 aliphatic carbocycles. The zero-order valence-electron chi connectivity index (χ0n) is 19.4. The zero-order valence-corrected chi connectivity index (χ0v) is 21.0. The molecule has 0 fully saturated rings. The van der Waals surface area contributed by atoms with Gasteiger partial charge in [-0.3, -0.25) is 4.79 Å². The average Bonchev–Trinajstić information content (AvgIpc) is 2.83. The van der Waals surface area contributed by atoms with Gasteiger partial charge in [0.05, 0.1) is 33.3 Å². The number of hydrogen-bond donors (Lipinski definition) is 1. The number of nitrogens with zero attached hydrogens (tertiary/aromatic N) is 1. The van der Waals surface area contributed by atoms with Crippen molar-refractivity contribution in [2.45, 2.75) is 37.4 Å². The monoisotopic (exact) mass is 536 g/mol. The Morgan fingerprint density at radius 3 is 2.39 bits per heavy atom. The Hall–Kier alpha value is -3.04. The Morgan fingerprint density at radius 1 is 1.03 bits per heavy atom. The van der Waals surface area contributed by atoms with Crippen LogP contribution < -0.4 is 10.2 Å². The van der Waals surface area contributed by atoms with Crippen LogP contribution in [0.1, 0.15) is 29.2 Å². The summed E-state index contributed by atoms with van der Waals surface area (Å²) in [5.74, 6) is -0.274. The highest BCUT2D eigenvalue weighted by Crippen LogP contribution is 2.35. The summed E-state index contributed by atoms with van der Waals surface area (Å²) in [5.41, 5.74) is 2.77. The highest BCUT2D eigenvalue weighted by atomic mass is 35.5. The third-order valence-corrected chi connectivity index (χ3v) is 8.20. The van der Waals surface area contributed by atoms with E-state index >= 15 is 0 Å². The van der Waals surface area contributed by atoms with E-state index in [2.05, 4.69) is 5.32 Å². The van der Waals surface area contributed by atoms with Gasteiger partial charge in [0, 0.05) is 18.8 Å². The van der Waals surface area contributed by atoms with Crippen molar-refractivity contribution in [2.75, 3.05) is 22.5 Å². The number of halogens is 4. The van der Waals surface area contributed by atoms with Gasteiger partial charge in [0.1, 0.15) is 0 Å². The number of anilines is 2. The van der Waals surface area contributed by atoms with Gasteiger partial charge in [-0.2, -0.15) is 13.2 Å². The lowest BCUT2D eigenvalue weighted by Crippen LogP contribution is -2.30. The maximum absolute atomic E-state index is 13.0. The molecule has 3 aromatic rings. The predicted octanol–water partition coefficient (Wildman–Crippen LogP) is 5.90. The van der Waals surface area contributed by atoms with E-state index in [1.165, 1.54) is 24.3 Å². The molecule has 0 atom stereocenters. The Kier molecular flexibility index (Phi) is 7.33. The minimum atomic E-state index is -4.37. The number of alkyl halides is 3. The molecule has 36 heavy (non-hydrogen) atoms. The highest BCUT2D eigenvalue weighted by molar-refractivity contribution is 7.91. The van der Waals surface area contributed by atoms with Crippen molar-refractivity contribution >= 4 is 38.7 Å². The van der Waals surface area contributed by atoms with Crippen molar-refractivity contribution in [3.8, 4) is 0 Å². The molecule has 0 spiro atoms. The Labute approximate surface area is 212 Å². The van der Waals surface area contributed by atoms with Crippen molar-refractivity contribution in [3.63, 3.8) is 0 Å². The molecule has 3 aromatic carbocycles. The molecule has 0 radical (unpaired) electrons. The number of sulfone groups is 1. The molecule has 1 aliphatic heterocycles. The molecular weight excluding hydrogens is 513 g/mol. The number of fused-ring (bicyclic) bond motifs is 1. The SMILES string of the molecule is CCS(=O)(=O)c1ccc(CC(=O)Nc2ccc(N3CCc4cc(C(F)(F)F)ccc4C3)c(Cl)c2)cc1. The van der Waals surface area contributed by atoms with Crippen LogP contribution in [-0.2, 0) is 40.2 Å². The summed E-state index contributed by atoms with van der Waals surface area (Å²) < 4.78 is 62.8. The summed E-state index contributed by atoms with van der Waals surface area (Å²) in [5, 5.41) is 3.20. The first-order valence-electron chi connectivity index (χ1n) is 11.3. The molecular formula is C26H24ClF3N2O3S. The molecule has 4 rings (SSSR count). The highest BCUT2D eigenvalue weighted by Gasteiger charge is 2.31. The molecule has 0 bridgehead atoms. The number of carbonyl (C=O) groups excluding carboxylic acids is 1. The van der Waals surface area contributed by atoms with Gasteiger partial charge in [-0.1, -0.05) is 36.7 Å². The molecule has 1 N–H and O–H groups in total. The molecule has 1 amide bonds. The summed E-state index contributed by atoms with van der Waals surface area (Å²) in [6.45, 7) is 2.52. The standard InChI is InChI=1S/C26H24ClF3N2O3S/c1-2-36(34,35)22-8-3-17(4-9-22)13-25(33)31-21-7-10-24(23(27)15-21)32-12-11-18-14-20(26(28,29)30)6-5-19(18)16-32/h3-10,14-15H,2,11-13,16H2,1H3,(H,31,33). The lowest BCUT2D eigenvalue weighted by molar-refractivity contribution is -0.137. The number of hydrogen-bond acceptors (Lipinski definition) is 4. The minimum absolute atomic E-state index is 0.00646. The Bertz CT molecular complexity index is 1390. The fourth-order valence-electron chi connectivity index (χ4n) is 4.15. The molecule has 0 saturated carbocycles. The maximum Gasteiger partial charge on any atom is 0.416 e. The number of nitrogens with one attached hydrogen (secondary N) is 1. The second-order valence-electron chi connectivity index (χ2n) is 8.59. The quantitative estimate of drug-likeness (QED) is 0.426. The fourth-order valence-corrected chi connectivity index (χ4v) is 5.33. The first kappa shape index (κ1) is 26.0. The smallest absolute Gasteiger partial charge is 0.366 e. The maximum atomic E-state index is 13.0. The van der Waals surface area contributed by atoms with E-state index in [0.29, 0.717) is 41.3 Å². The van der Waals surface area contributed by atoms with Gasteiger partial charge in [0.2, 0.25) is 5.91 Å². The van der Waals surface area contributed by atoms with Crippen molar-refractivity contribution in [3.05, 3.63) is 87.9 Å². The summed E-state index contributed by atoms with van der Waals surface area (Å²) in [6, 6.07) is 15.2. The topological polar surface area (TPSA) is 66.5 Å². The molecule has 5 nitrogen and oxygen atoms in total. The van der Waals surface area contributed by atoms with Crippen LogP contribution in [0.3, 0.4) is 0 Å². The lowest BCUT2D eigenvalue weighted by Gasteiger charge is -2.32. The lowest BCUT2D eigenvalue weighted by atomic mass is 9.96. The summed E-state index contributed by atoms with van der Waals surface area (Å²) >= 11 is 6.49. The third-order valence-electron chi connectivity index (χ3n) is 6.15. The van der Waals surface area contributed by atoms with E-state index in [1.807, 2.05) is 4.90 Å². The fraction of sp³-hybridized carbons (Fsp3) is 0.269. The first-order chi connectivity index (χ1) is 17.0. The van der Waals surface area contributed by atoms with Crippen LogP contribution in [0.25, 0.3) is 0 Å². The van der Waals surface area contributed by atoms with E-state index in [1.54, 1.807) is 37.3 Å². The Balaban J connectivity index is 1.40.